The van der Waals surface area contributed by atoms with E-state index in [1.54, 1.807) is 0 Å². The number of sulfonamides is 1. The lowest BCUT2D eigenvalue weighted by Crippen LogP contribution is -2.52. The highest BCUT2D eigenvalue weighted by molar-refractivity contribution is 7.92. The van der Waals surface area contributed by atoms with Crippen LogP contribution in [0.3, 0.4) is 0 Å². The Bertz CT molecular complexity index is 1270. The summed E-state index contributed by atoms with van der Waals surface area (Å²) in [5, 5.41) is 2.83. The third-order valence-corrected chi connectivity index (χ3v) is 10.6. The fourth-order valence-electron chi connectivity index (χ4n) is 8.05. The standard InChI is InChI=1S/C32H43N3O4S/c1-4-29(31(37)33-5-2)34(21-23-9-7-6-8-10-23)30(36)22-35(40(3,38)39)28-13-11-27(12-14-28)32-18-24-15-25(19-32)17-26(16-24)20-32/h6-14,24-26,29H,4-5,15-22H2,1-3H3,(H,33,37)/t24?,25?,26?,29-,32?/m1/s1. The molecule has 4 saturated carbocycles. The summed E-state index contributed by atoms with van der Waals surface area (Å²) in [5.41, 5.74) is 2.88. The Kier molecular flexibility index (Phi) is 8.27. The van der Waals surface area contributed by atoms with Crippen molar-refractivity contribution in [2.24, 2.45) is 17.8 Å². The SMILES string of the molecule is CCNC(=O)[C@@H](CC)N(Cc1ccccc1)C(=O)CN(c1ccc(C23CC4CC(CC(C4)C2)C3)cc1)S(C)(=O)=O. The van der Waals surface area contributed by atoms with Gasteiger partial charge in [0, 0.05) is 13.1 Å². The predicted molar refractivity (Wildman–Crippen MR) is 158 cm³/mol. The van der Waals surface area contributed by atoms with Crippen LogP contribution in [0.15, 0.2) is 54.6 Å². The molecule has 40 heavy (non-hydrogen) atoms. The molecule has 4 aliphatic rings. The second-order valence-corrected chi connectivity index (χ2v) is 14.2. The van der Waals surface area contributed by atoms with Gasteiger partial charge in [0.05, 0.1) is 11.9 Å². The number of nitrogens with zero attached hydrogens (tertiary/aromatic N) is 2. The van der Waals surface area contributed by atoms with Crippen molar-refractivity contribution in [2.75, 3.05) is 23.7 Å². The van der Waals surface area contributed by atoms with Crippen molar-refractivity contribution in [3.05, 3.63) is 65.7 Å². The summed E-state index contributed by atoms with van der Waals surface area (Å²) in [7, 11) is -3.75. The number of carbonyl (C=O) groups excluding carboxylic acids is 2. The molecule has 1 atom stereocenters. The number of likely N-dealkylation sites (N-methyl/N-ethyl adjacent to an activating group) is 1. The normalized spacial score (nSPS) is 25.8. The number of nitrogens with one attached hydrogen (secondary N) is 1. The van der Waals surface area contributed by atoms with Crippen LogP contribution in [0.5, 0.6) is 0 Å². The Morgan fingerprint density at radius 1 is 0.925 bits per heavy atom. The monoisotopic (exact) mass is 565 g/mol. The van der Waals surface area contributed by atoms with Gasteiger partial charge in [-0.1, -0.05) is 49.4 Å². The largest absolute Gasteiger partial charge is 0.355 e. The summed E-state index contributed by atoms with van der Waals surface area (Å²) >= 11 is 0. The zero-order chi connectivity index (χ0) is 28.5. The minimum atomic E-state index is -3.75. The molecule has 8 heteroatoms. The Hall–Kier alpha value is -2.87. The van der Waals surface area contributed by atoms with Crippen LogP contribution >= 0.6 is 0 Å². The van der Waals surface area contributed by atoms with Gasteiger partial charge in [-0.3, -0.25) is 13.9 Å². The van der Waals surface area contributed by atoms with Crippen molar-refractivity contribution in [3.63, 3.8) is 0 Å². The summed E-state index contributed by atoms with van der Waals surface area (Å²) < 4.78 is 27.2. The molecule has 2 aromatic carbocycles. The van der Waals surface area contributed by atoms with Gasteiger partial charge in [0.25, 0.3) is 0 Å². The van der Waals surface area contributed by atoms with Crippen LogP contribution in [-0.2, 0) is 31.6 Å². The van der Waals surface area contributed by atoms with Crippen LogP contribution < -0.4 is 9.62 Å². The van der Waals surface area contributed by atoms with E-state index < -0.39 is 22.0 Å². The number of amides is 2. The smallest absolute Gasteiger partial charge is 0.244 e. The number of anilines is 1. The van der Waals surface area contributed by atoms with Crippen LogP contribution in [0.2, 0.25) is 0 Å². The van der Waals surface area contributed by atoms with Gasteiger partial charge in [-0.05, 0) is 98.3 Å². The second-order valence-electron chi connectivity index (χ2n) is 12.3. The highest BCUT2D eigenvalue weighted by Crippen LogP contribution is 2.60. The average Bonchev–Trinajstić information content (AvgIpc) is 2.91. The van der Waals surface area contributed by atoms with Crippen molar-refractivity contribution in [1.82, 2.24) is 10.2 Å². The zero-order valence-electron chi connectivity index (χ0n) is 24.0. The molecule has 0 spiro atoms. The van der Waals surface area contributed by atoms with Gasteiger partial charge < -0.3 is 10.2 Å². The Morgan fingerprint density at radius 3 is 2.00 bits per heavy atom. The van der Waals surface area contributed by atoms with Gasteiger partial charge in [0.1, 0.15) is 12.6 Å². The molecule has 4 aliphatic carbocycles. The van der Waals surface area contributed by atoms with Crippen molar-refractivity contribution in [3.8, 4) is 0 Å². The maximum Gasteiger partial charge on any atom is 0.244 e. The molecule has 4 fully saturated rings. The van der Waals surface area contributed by atoms with Gasteiger partial charge in [-0.2, -0.15) is 0 Å². The second kappa shape index (κ2) is 11.6. The summed E-state index contributed by atoms with van der Waals surface area (Å²) in [6.45, 7) is 4.01. The number of benzene rings is 2. The summed E-state index contributed by atoms with van der Waals surface area (Å²) in [5.74, 6) is 1.83. The third kappa shape index (κ3) is 5.92. The molecule has 0 heterocycles. The minimum Gasteiger partial charge on any atom is -0.355 e. The summed E-state index contributed by atoms with van der Waals surface area (Å²) in [6.07, 6.45) is 9.37. The van der Waals surface area contributed by atoms with Gasteiger partial charge in [0.15, 0.2) is 0 Å². The lowest BCUT2D eigenvalue weighted by molar-refractivity contribution is -0.140. The quantitative estimate of drug-likeness (QED) is 0.422. The molecule has 0 saturated heterocycles. The zero-order valence-corrected chi connectivity index (χ0v) is 24.8. The van der Waals surface area contributed by atoms with E-state index in [1.165, 1.54) is 53.3 Å². The van der Waals surface area contributed by atoms with Crippen molar-refractivity contribution in [2.45, 2.75) is 76.8 Å². The molecule has 1 N–H and O–H groups in total. The molecule has 4 bridgehead atoms. The van der Waals surface area contributed by atoms with Crippen molar-refractivity contribution >= 4 is 27.5 Å². The van der Waals surface area contributed by atoms with Gasteiger partial charge in [0.2, 0.25) is 21.8 Å². The molecule has 0 unspecified atom stereocenters. The molecular weight excluding hydrogens is 522 g/mol. The van der Waals surface area contributed by atoms with E-state index >= 15 is 0 Å². The first-order valence-corrected chi connectivity index (χ1v) is 16.7. The topological polar surface area (TPSA) is 86.8 Å². The summed E-state index contributed by atoms with van der Waals surface area (Å²) in [6, 6.07) is 16.7. The Labute approximate surface area is 239 Å². The number of hydrogen-bond acceptors (Lipinski definition) is 4. The lowest BCUT2D eigenvalue weighted by Gasteiger charge is -2.57. The van der Waals surface area contributed by atoms with E-state index in [1.807, 2.05) is 56.3 Å². The van der Waals surface area contributed by atoms with Gasteiger partial charge >= 0.3 is 0 Å². The Balaban J connectivity index is 1.40. The third-order valence-electron chi connectivity index (χ3n) is 9.42. The van der Waals surface area contributed by atoms with E-state index in [0.717, 1.165) is 29.6 Å². The van der Waals surface area contributed by atoms with Crippen molar-refractivity contribution < 1.29 is 18.0 Å². The first-order valence-electron chi connectivity index (χ1n) is 14.8. The molecule has 0 aliphatic heterocycles. The molecule has 6 rings (SSSR count). The van der Waals surface area contributed by atoms with Crippen LogP contribution in [0.1, 0.15) is 69.9 Å². The molecule has 2 aromatic rings. The van der Waals surface area contributed by atoms with Crippen LogP contribution in [0.25, 0.3) is 0 Å². The van der Waals surface area contributed by atoms with Crippen LogP contribution in [0, 0.1) is 17.8 Å². The molecule has 7 nitrogen and oxygen atoms in total. The molecular formula is C32H43N3O4S. The maximum absolute atomic E-state index is 13.8. The molecule has 216 valence electrons. The fraction of sp³-hybridized carbons (Fsp3) is 0.562. The number of hydrogen-bond donors (Lipinski definition) is 1. The highest BCUT2D eigenvalue weighted by atomic mass is 32.2. The fourth-order valence-corrected chi connectivity index (χ4v) is 8.90. The van der Waals surface area contributed by atoms with Crippen molar-refractivity contribution in [1.29, 1.82) is 0 Å². The number of carbonyl (C=O) groups is 2. The first-order chi connectivity index (χ1) is 19.1. The van der Waals surface area contributed by atoms with E-state index in [9.17, 15) is 18.0 Å². The predicted octanol–water partition coefficient (Wildman–Crippen LogP) is 4.86. The van der Waals surface area contributed by atoms with Crippen LogP contribution in [-0.4, -0.2) is 50.5 Å². The van der Waals surface area contributed by atoms with E-state index in [4.69, 9.17) is 0 Å². The van der Waals surface area contributed by atoms with E-state index in [0.29, 0.717) is 18.7 Å². The highest BCUT2D eigenvalue weighted by Gasteiger charge is 2.51. The van der Waals surface area contributed by atoms with Gasteiger partial charge in [-0.15, -0.1) is 0 Å². The Morgan fingerprint density at radius 2 is 1.50 bits per heavy atom. The van der Waals surface area contributed by atoms with E-state index in [2.05, 4.69) is 17.4 Å². The molecule has 0 aromatic heterocycles. The summed E-state index contributed by atoms with van der Waals surface area (Å²) in [4.78, 5) is 28.3. The lowest BCUT2D eigenvalue weighted by atomic mass is 9.48. The van der Waals surface area contributed by atoms with E-state index in [-0.39, 0.29) is 24.4 Å². The molecule has 2 amide bonds. The minimum absolute atomic E-state index is 0.215. The number of rotatable bonds is 11. The molecule has 0 radical (unpaired) electrons. The maximum atomic E-state index is 13.8. The van der Waals surface area contributed by atoms with Crippen LogP contribution in [0.4, 0.5) is 5.69 Å². The van der Waals surface area contributed by atoms with Gasteiger partial charge in [-0.25, -0.2) is 8.42 Å². The first kappa shape index (κ1) is 28.7. The average molecular weight is 566 g/mol.